The molecule has 0 radical (unpaired) electrons. The maximum atomic E-state index is 12.1. The molecule has 7 heteroatoms. The van der Waals surface area contributed by atoms with Crippen LogP contribution in [0, 0.1) is 0 Å². The highest BCUT2D eigenvalue weighted by molar-refractivity contribution is 5.86. The van der Waals surface area contributed by atoms with Crippen LogP contribution in [-0.4, -0.2) is 65.5 Å². The molecule has 2 amide bonds. The summed E-state index contributed by atoms with van der Waals surface area (Å²) < 4.78 is 5.23. The van der Waals surface area contributed by atoms with Gasteiger partial charge in [-0.15, -0.1) is 0 Å². The SMILES string of the molecule is CON(C)C(=O)C1C(O)CCN1C(=O)OC(C)(C)C. The highest BCUT2D eigenvalue weighted by atomic mass is 16.7. The van der Waals surface area contributed by atoms with Crippen molar-refractivity contribution >= 4 is 12.0 Å². The van der Waals surface area contributed by atoms with Crippen molar-refractivity contribution < 1.29 is 24.3 Å². The molecule has 19 heavy (non-hydrogen) atoms. The van der Waals surface area contributed by atoms with Crippen LogP contribution < -0.4 is 0 Å². The molecule has 110 valence electrons. The van der Waals surface area contributed by atoms with Gasteiger partial charge in [-0.05, 0) is 27.2 Å². The van der Waals surface area contributed by atoms with Crippen LogP contribution in [0.4, 0.5) is 4.79 Å². The predicted octanol–water partition coefficient (Wildman–Crippen LogP) is 0.376. The summed E-state index contributed by atoms with van der Waals surface area (Å²) in [6, 6.07) is -0.959. The average Bonchev–Trinajstić information content (AvgIpc) is 2.67. The summed E-state index contributed by atoms with van der Waals surface area (Å²) in [6.45, 7) is 5.52. The van der Waals surface area contributed by atoms with E-state index in [2.05, 4.69) is 0 Å². The molecule has 0 aliphatic carbocycles. The fourth-order valence-electron chi connectivity index (χ4n) is 1.88. The summed E-state index contributed by atoms with van der Waals surface area (Å²) in [5, 5.41) is 10.9. The van der Waals surface area contributed by atoms with Gasteiger partial charge < -0.3 is 9.84 Å². The number of aliphatic hydroxyl groups is 1. The molecule has 0 aromatic carbocycles. The zero-order valence-electron chi connectivity index (χ0n) is 12.0. The van der Waals surface area contributed by atoms with Gasteiger partial charge in [0.15, 0.2) is 0 Å². The van der Waals surface area contributed by atoms with E-state index in [0.717, 1.165) is 5.06 Å². The van der Waals surface area contributed by atoms with Gasteiger partial charge in [0.25, 0.3) is 5.91 Å². The molecular weight excluding hydrogens is 252 g/mol. The molecule has 1 fully saturated rings. The second kappa shape index (κ2) is 5.75. The average molecular weight is 274 g/mol. The lowest BCUT2D eigenvalue weighted by atomic mass is 10.1. The molecule has 1 heterocycles. The highest BCUT2D eigenvalue weighted by Gasteiger charge is 2.44. The van der Waals surface area contributed by atoms with E-state index in [9.17, 15) is 14.7 Å². The summed E-state index contributed by atoms with van der Waals surface area (Å²) in [5.41, 5.74) is -0.647. The summed E-state index contributed by atoms with van der Waals surface area (Å²) in [4.78, 5) is 30.1. The van der Waals surface area contributed by atoms with Crippen LogP contribution in [0.2, 0.25) is 0 Å². The van der Waals surface area contributed by atoms with Crippen LogP contribution in [0.5, 0.6) is 0 Å². The smallest absolute Gasteiger partial charge is 0.411 e. The van der Waals surface area contributed by atoms with Crippen molar-refractivity contribution in [2.24, 2.45) is 0 Å². The Morgan fingerprint density at radius 3 is 2.42 bits per heavy atom. The molecule has 0 aromatic heterocycles. The number of rotatable bonds is 2. The molecule has 0 saturated carbocycles. The van der Waals surface area contributed by atoms with Crippen molar-refractivity contribution in [2.75, 3.05) is 20.7 Å². The minimum atomic E-state index is -0.959. The fraction of sp³-hybridized carbons (Fsp3) is 0.833. The van der Waals surface area contributed by atoms with Gasteiger partial charge in [-0.25, -0.2) is 9.86 Å². The van der Waals surface area contributed by atoms with Gasteiger partial charge in [-0.1, -0.05) is 0 Å². The molecule has 1 saturated heterocycles. The van der Waals surface area contributed by atoms with E-state index in [1.54, 1.807) is 20.8 Å². The Morgan fingerprint density at radius 2 is 1.95 bits per heavy atom. The first-order valence-corrected chi connectivity index (χ1v) is 6.16. The van der Waals surface area contributed by atoms with Crippen LogP contribution in [0.15, 0.2) is 0 Å². The first kappa shape index (κ1) is 15.7. The molecule has 1 aliphatic rings. The van der Waals surface area contributed by atoms with Gasteiger partial charge in [0.2, 0.25) is 0 Å². The maximum absolute atomic E-state index is 12.1. The summed E-state index contributed by atoms with van der Waals surface area (Å²) >= 11 is 0. The van der Waals surface area contributed by atoms with Gasteiger partial charge in [-0.2, -0.15) is 0 Å². The second-order valence-electron chi connectivity index (χ2n) is 5.49. The summed E-state index contributed by atoms with van der Waals surface area (Å²) in [7, 11) is 2.78. The van der Waals surface area contributed by atoms with Crippen LogP contribution in [0.3, 0.4) is 0 Å². The number of nitrogens with zero attached hydrogens (tertiary/aromatic N) is 2. The second-order valence-corrected chi connectivity index (χ2v) is 5.49. The zero-order valence-corrected chi connectivity index (χ0v) is 12.0. The molecule has 1 N–H and O–H groups in total. The largest absolute Gasteiger partial charge is 0.444 e. The highest BCUT2D eigenvalue weighted by Crippen LogP contribution is 2.22. The third-order valence-electron chi connectivity index (χ3n) is 2.83. The topological polar surface area (TPSA) is 79.3 Å². The number of carbonyl (C=O) groups is 2. The number of hydrogen-bond donors (Lipinski definition) is 1. The van der Waals surface area contributed by atoms with E-state index in [-0.39, 0.29) is 6.54 Å². The zero-order chi connectivity index (χ0) is 14.8. The maximum Gasteiger partial charge on any atom is 0.411 e. The van der Waals surface area contributed by atoms with Gasteiger partial charge >= 0.3 is 6.09 Å². The van der Waals surface area contributed by atoms with Crippen LogP contribution >= 0.6 is 0 Å². The van der Waals surface area contributed by atoms with E-state index in [0.29, 0.717) is 6.42 Å². The van der Waals surface area contributed by atoms with E-state index in [1.807, 2.05) is 0 Å². The van der Waals surface area contributed by atoms with Crippen LogP contribution in [0.1, 0.15) is 27.2 Å². The van der Waals surface area contributed by atoms with E-state index < -0.39 is 29.7 Å². The standard InChI is InChI=1S/C12H22N2O5/c1-12(2,3)19-11(17)14-7-6-8(15)9(14)10(16)13(4)18-5/h8-9,15H,6-7H2,1-5H3. The Kier molecular flexibility index (Phi) is 4.75. The van der Waals surface area contributed by atoms with Crippen LogP contribution in [0.25, 0.3) is 0 Å². The number of aliphatic hydroxyl groups excluding tert-OH is 1. The number of hydroxylamine groups is 2. The normalized spacial score (nSPS) is 23.4. The van der Waals surface area contributed by atoms with Gasteiger partial charge in [-0.3, -0.25) is 14.5 Å². The molecule has 7 nitrogen and oxygen atoms in total. The number of likely N-dealkylation sites (N-methyl/N-ethyl adjacent to an activating group) is 1. The molecule has 2 atom stereocenters. The summed E-state index contributed by atoms with van der Waals surface area (Å²) in [5.74, 6) is -0.474. The van der Waals surface area contributed by atoms with Crippen molar-refractivity contribution in [2.45, 2.75) is 44.9 Å². The molecular formula is C12H22N2O5. The van der Waals surface area contributed by atoms with Crippen molar-refractivity contribution in [1.82, 2.24) is 9.96 Å². The number of likely N-dealkylation sites (tertiary alicyclic amines) is 1. The van der Waals surface area contributed by atoms with Crippen LogP contribution in [-0.2, 0) is 14.4 Å². The van der Waals surface area contributed by atoms with E-state index in [4.69, 9.17) is 9.57 Å². The fourth-order valence-corrected chi connectivity index (χ4v) is 1.88. The number of ether oxygens (including phenoxy) is 1. The third kappa shape index (κ3) is 3.81. The van der Waals surface area contributed by atoms with Gasteiger partial charge in [0.05, 0.1) is 13.2 Å². The van der Waals surface area contributed by atoms with E-state index >= 15 is 0 Å². The number of amides is 2. The van der Waals surface area contributed by atoms with Crippen molar-refractivity contribution in [3.05, 3.63) is 0 Å². The molecule has 0 aromatic rings. The van der Waals surface area contributed by atoms with Gasteiger partial charge in [0.1, 0.15) is 11.6 Å². The summed E-state index contributed by atoms with van der Waals surface area (Å²) in [6.07, 6.45) is -1.17. The third-order valence-corrected chi connectivity index (χ3v) is 2.83. The molecule has 0 bridgehead atoms. The Bertz CT molecular complexity index is 353. The monoisotopic (exact) mass is 274 g/mol. The Hall–Kier alpha value is -1.34. The minimum Gasteiger partial charge on any atom is -0.444 e. The van der Waals surface area contributed by atoms with Crippen molar-refractivity contribution in [1.29, 1.82) is 0 Å². The first-order valence-electron chi connectivity index (χ1n) is 6.16. The lowest BCUT2D eigenvalue weighted by Crippen LogP contribution is -2.51. The number of carbonyl (C=O) groups excluding carboxylic acids is 2. The lowest BCUT2D eigenvalue weighted by molar-refractivity contribution is -0.175. The molecule has 2 unspecified atom stereocenters. The molecule has 0 spiro atoms. The van der Waals surface area contributed by atoms with Crippen molar-refractivity contribution in [3.8, 4) is 0 Å². The van der Waals surface area contributed by atoms with Gasteiger partial charge in [0, 0.05) is 13.6 Å². The minimum absolute atomic E-state index is 0.282. The Morgan fingerprint density at radius 1 is 1.37 bits per heavy atom. The molecule has 1 rings (SSSR count). The molecule has 1 aliphatic heterocycles. The predicted molar refractivity (Wildman–Crippen MR) is 67.1 cm³/mol. The number of hydrogen-bond acceptors (Lipinski definition) is 5. The Labute approximate surface area is 113 Å². The van der Waals surface area contributed by atoms with E-state index in [1.165, 1.54) is 19.1 Å². The van der Waals surface area contributed by atoms with Crippen molar-refractivity contribution in [3.63, 3.8) is 0 Å². The first-order chi connectivity index (χ1) is 8.67. The Balaban J connectivity index is 2.82. The quantitative estimate of drug-likeness (QED) is 0.736. The lowest BCUT2D eigenvalue weighted by Gasteiger charge is -2.30.